The fraction of sp³-hybridized carbons (Fsp3) is 1.00. The van der Waals surface area contributed by atoms with Crippen LogP contribution in [0.4, 0.5) is 0 Å². The van der Waals surface area contributed by atoms with Crippen LogP contribution < -0.4 is 4.83 Å². The lowest BCUT2D eigenvalue weighted by molar-refractivity contribution is 0.315. The minimum atomic E-state index is -3.06. The molecule has 5 heteroatoms. The summed E-state index contributed by atoms with van der Waals surface area (Å²) < 4.78 is 20.9. The third-order valence-corrected chi connectivity index (χ3v) is 1.44. The van der Waals surface area contributed by atoms with E-state index in [1.54, 1.807) is 7.05 Å². The summed E-state index contributed by atoms with van der Waals surface area (Å²) in [5, 5.41) is 1.50. The smallest absolute Gasteiger partial charge is 0.221 e. The Bertz CT molecular complexity index is 163. The first kappa shape index (κ1) is 8.87. The molecule has 0 aliphatic heterocycles. The molecular weight excluding hydrogens is 140 g/mol. The lowest BCUT2D eigenvalue weighted by atomic mass is 10.8. The monoisotopic (exact) mass is 152 g/mol. The van der Waals surface area contributed by atoms with Crippen molar-refractivity contribution in [2.24, 2.45) is 0 Å². The molecule has 0 fully saturated rings. The van der Waals surface area contributed by atoms with E-state index in [2.05, 4.69) is 4.83 Å². The Kier molecular flexibility index (Phi) is 3.10. The average molecular weight is 152 g/mol. The van der Waals surface area contributed by atoms with Crippen LogP contribution in [0.15, 0.2) is 0 Å². The first-order chi connectivity index (χ1) is 3.95. The van der Waals surface area contributed by atoms with Gasteiger partial charge in [-0.25, -0.2) is 13.4 Å². The molecule has 0 bridgehead atoms. The third-order valence-electron chi connectivity index (χ3n) is 0.796. The fourth-order valence-electron chi connectivity index (χ4n) is 0.348. The minimum absolute atomic E-state index is 0.660. The lowest BCUT2D eigenvalue weighted by Gasteiger charge is -2.12. The zero-order valence-electron chi connectivity index (χ0n) is 5.88. The second-order valence-electron chi connectivity index (χ2n) is 1.88. The van der Waals surface area contributed by atoms with Gasteiger partial charge in [0.15, 0.2) is 0 Å². The highest BCUT2D eigenvalue weighted by atomic mass is 32.2. The van der Waals surface area contributed by atoms with Crippen molar-refractivity contribution in [1.82, 2.24) is 9.84 Å². The first-order valence-electron chi connectivity index (χ1n) is 2.64. The van der Waals surface area contributed by atoms with Gasteiger partial charge in [0.25, 0.3) is 0 Å². The zero-order valence-corrected chi connectivity index (χ0v) is 6.70. The summed E-state index contributed by atoms with van der Waals surface area (Å²) in [5.74, 6) is 0. The molecule has 0 radical (unpaired) electrons. The second-order valence-corrected chi connectivity index (χ2v) is 3.60. The third kappa shape index (κ3) is 5.75. The first-order valence-corrected chi connectivity index (χ1v) is 4.53. The Morgan fingerprint density at radius 3 is 2.11 bits per heavy atom. The van der Waals surface area contributed by atoms with Gasteiger partial charge in [0.2, 0.25) is 10.0 Å². The van der Waals surface area contributed by atoms with E-state index in [9.17, 15) is 8.42 Å². The number of hydrogen-bond donors (Lipinski definition) is 1. The van der Waals surface area contributed by atoms with Gasteiger partial charge in [0.1, 0.15) is 0 Å². The van der Waals surface area contributed by atoms with Gasteiger partial charge in [-0.15, -0.1) is 4.83 Å². The number of nitrogens with zero attached hydrogens (tertiary/aromatic N) is 1. The molecule has 0 aromatic heterocycles. The number of sulfonamides is 1. The van der Waals surface area contributed by atoms with E-state index in [1.807, 2.05) is 6.92 Å². The molecule has 4 nitrogen and oxygen atoms in total. The van der Waals surface area contributed by atoms with E-state index in [0.29, 0.717) is 6.54 Å². The summed E-state index contributed by atoms with van der Waals surface area (Å²) in [4.78, 5) is 2.27. The van der Waals surface area contributed by atoms with Crippen molar-refractivity contribution < 1.29 is 8.42 Å². The van der Waals surface area contributed by atoms with Crippen molar-refractivity contribution in [1.29, 1.82) is 0 Å². The Labute approximate surface area is 55.9 Å². The molecule has 0 aromatic carbocycles. The Balaban J connectivity index is 3.75. The van der Waals surface area contributed by atoms with Crippen molar-refractivity contribution in [3.63, 3.8) is 0 Å². The van der Waals surface area contributed by atoms with Crippen LogP contribution in [0.2, 0.25) is 0 Å². The van der Waals surface area contributed by atoms with Gasteiger partial charge in [-0.05, 0) is 0 Å². The largest absolute Gasteiger partial charge is 0.234 e. The summed E-state index contributed by atoms with van der Waals surface area (Å²) in [7, 11) is -1.39. The SMILES string of the molecule is CCN(C)NS(C)(=O)=O. The number of rotatable bonds is 3. The van der Waals surface area contributed by atoms with Gasteiger partial charge in [-0.1, -0.05) is 6.92 Å². The van der Waals surface area contributed by atoms with E-state index in [0.717, 1.165) is 6.26 Å². The maximum Gasteiger partial charge on any atom is 0.221 e. The normalized spacial score (nSPS) is 12.4. The van der Waals surface area contributed by atoms with Crippen molar-refractivity contribution in [3.8, 4) is 0 Å². The fourth-order valence-corrected chi connectivity index (χ4v) is 1.04. The molecule has 0 aromatic rings. The highest BCUT2D eigenvalue weighted by molar-refractivity contribution is 7.88. The van der Waals surface area contributed by atoms with E-state index in [1.165, 1.54) is 5.01 Å². The van der Waals surface area contributed by atoms with Gasteiger partial charge in [0, 0.05) is 13.6 Å². The zero-order chi connectivity index (χ0) is 7.49. The van der Waals surface area contributed by atoms with Crippen molar-refractivity contribution in [2.45, 2.75) is 6.92 Å². The summed E-state index contributed by atoms with van der Waals surface area (Å²) in [6, 6.07) is 0. The molecule has 0 aliphatic rings. The van der Waals surface area contributed by atoms with Gasteiger partial charge in [-0.3, -0.25) is 0 Å². The van der Waals surface area contributed by atoms with Crippen LogP contribution in [0.3, 0.4) is 0 Å². The van der Waals surface area contributed by atoms with Gasteiger partial charge in [0.05, 0.1) is 6.26 Å². The van der Waals surface area contributed by atoms with Crippen LogP contribution in [0.5, 0.6) is 0 Å². The molecule has 0 aliphatic carbocycles. The van der Waals surface area contributed by atoms with Crippen LogP contribution in [0.1, 0.15) is 6.92 Å². The molecule has 9 heavy (non-hydrogen) atoms. The second kappa shape index (κ2) is 3.14. The summed E-state index contributed by atoms with van der Waals surface area (Å²) in [6.07, 6.45) is 1.12. The number of nitrogens with one attached hydrogen (secondary N) is 1. The highest BCUT2D eigenvalue weighted by Crippen LogP contribution is 1.77. The van der Waals surface area contributed by atoms with E-state index in [4.69, 9.17) is 0 Å². The molecule has 0 saturated heterocycles. The molecule has 0 rings (SSSR count). The van der Waals surface area contributed by atoms with E-state index in [-0.39, 0.29) is 0 Å². The van der Waals surface area contributed by atoms with Gasteiger partial charge >= 0.3 is 0 Å². The predicted octanol–water partition coefficient (Wildman–Crippen LogP) is -0.598. The van der Waals surface area contributed by atoms with Crippen LogP contribution >= 0.6 is 0 Å². The predicted molar refractivity (Wildman–Crippen MR) is 36.3 cm³/mol. The molecule has 0 saturated carbocycles. The summed E-state index contributed by atoms with van der Waals surface area (Å²) >= 11 is 0. The molecule has 56 valence electrons. The molecule has 1 N–H and O–H groups in total. The van der Waals surface area contributed by atoms with Gasteiger partial charge < -0.3 is 0 Å². The van der Waals surface area contributed by atoms with Crippen molar-refractivity contribution in [2.75, 3.05) is 19.8 Å². The van der Waals surface area contributed by atoms with Crippen molar-refractivity contribution >= 4 is 10.0 Å². The Hall–Kier alpha value is -0.130. The molecular formula is C4H12N2O2S. The standard InChI is InChI=1S/C4H12N2O2S/c1-4-6(2)5-9(3,7)8/h5H,4H2,1-3H3. The average Bonchev–Trinajstić information content (AvgIpc) is 1.62. The van der Waals surface area contributed by atoms with Crippen LogP contribution in [-0.2, 0) is 10.0 Å². The molecule has 0 spiro atoms. The van der Waals surface area contributed by atoms with E-state index < -0.39 is 10.0 Å². The maximum absolute atomic E-state index is 10.4. The van der Waals surface area contributed by atoms with Crippen LogP contribution in [0, 0.1) is 0 Å². The Morgan fingerprint density at radius 2 is 2.00 bits per heavy atom. The van der Waals surface area contributed by atoms with Crippen molar-refractivity contribution in [3.05, 3.63) is 0 Å². The summed E-state index contributed by atoms with van der Waals surface area (Å²) in [6.45, 7) is 2.52. The Morgan fingerprint density at radius 1 is 1.56 bits per heavy atom. The van der Waals surface area contributed by atoms with Crippen LogP contribution in [-0.4, -0.2) is 33.3 Å². The summed E-state index contributed by atoms with van der Waals surface area (Å²) in [5.41, 5.74) is 0. The van der Waals surface area contributed by atoms with E-state index >= 15 is 0 Å². The quantitative estimate of drug-likeness (QED) is 0.549. The highest BCUT2D eigenvalue weighted by Gasteiger charge is 2.01. The molecule has 0 unspecified atom stereocenters. The number of hydrogen-bond acceptors (Lipinski definition) is 3. The minimum Gasteiger partial charge on any atom is -0.234 e. The topological polar surface area (TPSA) is 49.4 Å². The maximum atomic E-state index is 10.4. The molecule has 0 amide bonds. The van der Waals surface area contributed by atoms with Crippen LogP contribution in [0.25, 0.3) is 0 Å². The lowest BCUT2D eigenvalue weighted by Crippen LogP contribution is -2.38. The molecule has 0 heterocycles. The number of hydrazine groups is 1. The molecule has 0 atom stereocenters. The van der Waals surface area contributed by atoms with Gasteiger partial charge in [-0.2, -0.15) is 0 Å².